The lowest BCUT2D eigenvalue weighted by atomic mass is 9.88. The number of aliphatic hydroxyl groups excluding tert-OH is 20. The minimum Gasteiger partial charge on any atom is -0.477 e. The monoisotopic (exact) mass is 1250 g/mol. The van der Waals surface area contributed by atoms with E-state index in [0.717, 1.165) is 13.8 Å². The third kappa shape index (κ3) is 15.0. The van der Waals surface area contributed by atoms with Crippen molar-refractivity contribution in [3.8, 4) is 0 Å². The Hall–Kier alpha value is -3.36. The van der Waals surface area contributed by atoms with Gasteiger partial charge in [0, 0.05) is 26.7 Å². The van der Waals surface area contributed by atoms with Crippen molar-refractivity contribution < 1.29 is 184 Å². The maximum Gasteiger partial charge on any atom is 0.364 e. The van der Waals surface area contributed by atoms with E-state index >= 15 is 0 Å². The molecule has 0 spiro atoms. The molecule has 6 fully saturated rings. The van der Waals surface area contributed by atoms with Crippen molar-refractivity contribution in [2.24, 2.45) is 0 Å². The summed E-state index contributed by atoms with van der Waals surface area (Å²) in [6, 6.07) is -3.91. The van der Waals surface area contributed by atoms with E-state index in [1.54, 1.807) is 0 Å². The van der Waals surface area contributed by atoms with Crippen LogP contribution in [0.3, 0.4) is 0 Å². The highest BCUT2D eigenvalue weighted by molar-refractivity contribution is 5.77. The van der Waals surface area contributed by atoms with Crippen LogP contribution in [0.4, 0.5) is 0 Å². The average Bonchev–Trinajstić information content (AvgIpc) is 1.86. The second kappa shape index (κ2) is 29.5. The highest BCUT2D eigenvalue weighted by atomic mass is 16.8. The molecule has 492 valence electrons. The first-order valence-corrected chi connectivity index (χ1v) is 26.4. The molecule has 6 aliphatic rings. The molecule has 24 N–H and O–H groups in total. The number of aliphatic hydroxyl groups is 20. The lowest BCUT2D eigenvalue weighted by Gasteiger charge is -2.53. The maximum absolute atomic E-state index is 13.6. The number of carboxylic acid groups (broad SMARTS) is 2. The SMILES string of the molecule is CC(=O)N[C@H]1[C@H](O[C@@H]2[C@H](O[C@]3(C(=O)O)C[C@H](O)[C@@H](NC(C)=O)[C@H]([C@H](O)[C@H](O)CO)O3)[C@@H](O)[C@H](O[C@H]3[C@H](O)[C@@H](O)[C@H](O)O[C@@H]3CO)O[C@@H]2CO)O[C@H](CO)[C@H](O)[C@@H]1O[C@@H]1O[C@H](CO)[C@H](O)[C@H](O[C@]2(C(=O)O)C[C@H](O)[C@@H](O)[C@H]([C@H](O)[C@H](O)CO)O2)[C@H]1O. The number of hydrogen-bond acceptors (Lipinski definition) is 35. The molecular formula is C46H76N2O37. The van der Waals surface area contributed by atoms with E-state index < -0.39 is 272 Å². The molecule has 6 rings (SSSR count). The summed E-state index contributed by atoms with van der Waals surface area (Å²) in [5.74, 6) is -13.1. The van der Waals surface area contributed by atoms with Crippen LogP contribution in [0.5, 0.6) is 0 Å². The van der Waals surface area contributed by atoms with Crippen LogP contribution in [0, 0.1) is 0 Å². The Bertz CT molecular complexity index is 2190. The van der Waals surface area contributed by atoms with Gasteiger partial charge >= 0.3 is 11.9 Å². The lowest BCUT2D eigenvalue weighted by molar-refractivity contribution is -0.404. The molecule has 0 bridgehead atoms. The van der Waals surface area contributed by atoms with Gasteiger partial charge in [-0.25, -0.2) is 9.59 Å². The molecule has 0 aromatic carbocycles. The van der Waals surface area contributed by atoms with Crippen molar-refractivity contribution in [1.82, 2.24) is 10.6 Å². The summed E-state index contributed by atoms with van der Waals surface area (Å²) in [4.78, 5) is 52.0. The molecule has 0 aromatic rings. The van der Waals surface area contributed by atoms with E-state index in [0.29, 0.717) is 0 Å². The average molecular weight is 1250 g/mol. The summed E-state index contributed by atoms with van der Waals surface area (Å²) in [7, 11) is 0. The van der Waals surface area contributed by atoms with Gasteiger partial charge in [0.2, 0.25) is 11.8 Å². The van der Waals surface area contributed by atoms with Crippen LogP contribution in [-0.4, -0.2) is 371 Å². The normalized spacial score (nSPS) is 45.9. The molecule has 0 unspecified atom stereocenters. The minimum absolute atomic E-state index is 0.864. The van der Waals surface area contributed by atoms with Gasteiger partial charge < -0.3 is 175 Å². The van der Waals surface area contributed by atoms with Gasteiger partial charge in [0.05, 0.1) is 57.9 Å². The third-order valence-corrected chi connectivity index (χ3v) is 15.2. The number of carboxylic acids is 2. The molecule has 0 radical (unpaired) electrons. The van der Waals surface area contributed by atoms with Crippen LogP contribution < -0.4 is 10.6 Å². The summed E-state index contributed by atoms with van der Waals surface area (Å²) < 4.78 is 63.3. The molecule has 85 heavy (non-hydrogen) atoms. The largest absolute Gasteiger partial charge is 0.477 e. The fraction of sp³-hybridized carbons (Fsp3) is 0.913. The maximum atomic E-state index is 13.6. The smallest absolute Gasteiger partial charge is 0.364 e. The van der Waals surface area contributed by atoms with Gasteiger partial charge in [-0.1, -0.05) is 0 Å². The number of amides is 2. The van der Waals surface area contributed by atoms with Gasteiger partial charge in [0.25, 0.3) is 11.6 Å². The Morgan fingerprint density at radius 1 is 0.459 bits per heavy atom. The molecule has 32 atom stereocenters. The zero-order valence-electron chi connectivity index (χ0n) is 44.9. The van der Waals surface area contributed by atoms with Crippen LogP contribution in [0.2, 0.25) is 0 Å². The summed E-state index contributed by atoms with van der Waals surface area (Å²) in [5, 5.41) is 241. The standard InChI is InChI=1S/C46H76N2O37/c1-11(55)47-21-13(57)3-45(43(71)72,82-35(21)24(62)15(59)5-49)85-38-31(69)42(79-32-19(9-53)75-39(70)29(67)28(32)66)78-20(10-54)33(38)80-40-22(48-12(2)56)34(26(64)17(7-51)76-40)81-41-30(68)37(27(65)18(8-52)77-41)84-46(44(73)74)4-14(58)23(61)36(83-46)25(63)16(60)6-50/h13-42,49-54,57-70H,3-10H2,1-2H3,(H,47,55)(H,48,56)(H,71,72)(H,73,74)/t13-,14-,15+,16+,17+,18+,19+,20+,21+,22+,23+,24+,25+,26-,27-,28+,29+,30+,31+,32+,33-,34+,35+,36+,37-,38+,39+,40-,41-,42-,45-,46-/m0/s1. The van der Waals surface area contributed by atoms with Gasteiger partial charge in [-0.15, -0.1) is 0 Å². The second-order valence-corrected chi connectivity index (χ2v) is 21.1. The topological polar surface area (TPSA) is 639 Å². The first kappa shape index (κ1) is 70.7. The van der Waals surface area contributed by atoms with Crippen LogP contribution in [0.25, 0.3) is 0 Å². The van der Waals surface area contributed by atoms with Crippen LogP contribution in [0.1, 0.15) is 26.7 Å². The molecule has 39 heteroatoms. The van der Waals surface area contributed by atoms with E-state index in [1.165, 1.54) is 0 Å². The molecule has 6 aliphatic heterocycles. The molecule has 39 nitrogen and oxygen atoms in total. The van der Waals surface area contributed by atoms with Crippen molar-refractivity contribution in [1.29, 1.82) is 0 Å². The molecule has 2 amide bonds. The molecular weight excluding hydrogens is 1170 g/mol. The fourth-order valence-corrected chi connectivity index (χ4v) is 10.7. The first-order chi connectivity index (χ1) is 39.9. The number of ether oxygens (including phenoxy) is 11. The number of nitrogens with one attached hydrogen (secondary N) is 2. The molecule has 6 saturated heterocycles. The Morgan fingerprint density at radius 2 is 0.871 bits per heavy atom. The summed E-state index contributed by atoms with van der Waals surface area (Å²) in [5.41, 5.74) is 0. The Labute approximate surface area is 479 Å². The van der Waals surface area contributed by atoms with Crippen molar-refractivity contribution in [3.05, 3.63) is 0 Å². The van der Waals surface area contributed by atoms with Crippen LogP contribution in [0.15, 0.2) is 0 Å². The number of aliphatic carboxylic acids is 2. The van der Waals surface area contributed by atoms with Gasteiger partial charge in [-0.3, -0.25) is 9.59 Å². The number of carbonyl (C=O) groups is 4. The predicted molar refractivity (Wildman–Crippen MR) is 257 cm³/mol. The van der Waals surface area contributed by atoms with Gasteiger partial charge in [0.1, 0.15) is 140 Å². The van der Waals surface area contributed by atoms with E-state index in [1.807, 2.05) is 0 Å². The second-order valence-electron chi connectivity index (χ2n) is 21.1. The number of rotatable bonds is 24. The zero-order chi connectivity index (χ0) is 63.5. The minimum atomic E-state index is -3.44. The summed E-state index contributed by atoms with van der Waals surface area (Å²) in [6.45, 7) is -5.48. The Kier molecular flexibility index (Phi) is 24.6. The number of hydrogen-bond donors (Lipinski definition) is 24. The predicted octanol–water partition coefficient (Wildman–Crippen LogP) is -15.4. The van der Waals surface area contributed by atoms with Gasteiger partial charge in [0.15, 0.2) is 25.2 Å². The first-order valence-electron chi connectivity index (χ1n) is 26.4. The Balaban J connectivity index is 1.42. The van der Waals surface area contributed by atoms with E-state index in [-0.39, 0.29) is 0 Å². The van der Waals surface area contributed by atoms with Crippen LogP contribution in [-0.2, 0) is 71.3 Å². The van der Waals surface area contributed by atoms with Gasteiger partial charge in [-0.2, -0.15) is 0 Å². The number of carbonyl (C=O) groups excluding carboxylic acids is 2. The van der Waals surface area contributed by atoms with E-state index in [4.69, 9.17) is 52.1 Å². The molecule has 0 aromatic heterocycles. The van der Waals surface area contributed by atoms with Crippen LogP contribution >= 0.6 is 0 Å². The third-order valence-electron chi connectivity index (χ3n) is 15.2. The quantitative estimate of drug-likeness (QED) is 0.0427. The zero-order valence-corrected chi connectivity index (χ0v) is 44.9. The highest BCUT2D eigenvalue weighted by Crippen LogP contribution is 2.42. The molecule has 0 saturated carbocycles. The molecule has 0 aliphatic carbocycles. The van der Waals surface area contributed by atoms with E-state index in [2.05, 4.69) is 10.6 Å². The fourth-order valence-electron chi connectivity index (χ4n) is 10.7. The van der Waals surface area contributed by atoms with Crippen molar-refractivity contribution in [3.63, 3.8) is 0 Å². The van der Waals surface area contributed by atoms with Crippen molar-refractivity contribution >= 4 is 23.8 Å². The summed E-state index contributed by atoms with van der Waals surface area (Å²) >= 11 is 0. The van der Waals surface area contributed by atoms with Gasteiger partial charge in [-0.05, 0) is 0 Å². The molecule has 6 heterocycles. The van der Waals surface area contributed by atoms with Crippen molar-refractivity contribution in [2.75, 3.05) is 39.6 Å². The van der Waals surface area contributed by atoms with Crippen molar-refractivity contribution in [2.45, 2.75) is 222 Å². The lowest BCUT2D eigenvalue weighted by Crippen LogP contribution is -2.72. The highest BCUT2D eigenvalue weighted by Gasteiger charge is 2.64. The Morgan fingerprint density at radius 3 is 1.38 bits per heavy atom. The summed E-state index contributed by atoms with van der Waals surface area (Å²) in [6.07, 6.45) is -65.4. The van der Waals surface area contributed by atoms with E-state index in [9.17, 15) is 132 Å².